The first-order chi connectivity index (χ1) is 9.24. The van der Waals surface area contributed by atoms with Gasteiger partial charge in [0.15, 0.2) is 0 Å². The Morgan fingerprint density at radius 1 is 1.42 bits per heavy atom. The molecule has 2 heterocycles. The molecule has 0 aliphatic heterocycles. The van der Waals surface area contributed by atoms with Crippen molar-refractivity contribution in [2.24, 2.45) is 0 Å². The van der Waals surface area contributed by atoms with Gasteiger partial charge in [-0.3, -0.25) is 0 Å². The lowest BCUT2D eigenvalue weighted by Gasteiger charge is -2.23. The fraction of sp³-hybridized carbons (Fsp3) is 0.400. The van der Waals surface area contributed by atoms with Gasteiger partial charge in [0.05, 0.1) is 6.10 Å². The van der Waals surface area contributed by atoms with E-state index in [1.165, 1.54) is 18.4 Å². The van der Waals surface area contributed by atoms with Gasteiger partial charge in [0.25, 0.3) is 0 Å². The van der Waals surface area contributed by atoms with Crippen LogP contribution in [0, 0.1) is 0 Å². The van der Waals surface area contributed by atoms with E-state index in [9.17, 15) is 5.11 Å². The SMILES string of the molecule is CC(O)c1ccc(N(Cc2ccsc2)C2CC2)nc1. The second-order valence-corrected chi connectivity index (χ2v) is 5.90. The number of hydrogen-bond acceptors (Lipinski definition) is 4. The minimum atomic E-state index is -0.451. The number of rotatable bonds is 5. The van der Waals surface area contributed by atoms with Gasteiger partial charge < -0.3 is 10.0 Å². The molecule has 0 radical (unpaired) electrons. The van der Waals surface area contributed by atoms with Crippen LogP contribution in [0.4, 0.5) is 5.82 Å². The van der Waals surface area contributed by atoms with Crippen LogP contribution < -0.4 is 4.90 Å². The van der Waals surface area contributed by atoms with Gasteiger partial charge in [-0.25, -0.2) is 4.98 Å². The summed E-state index contributed by atoms with van der Waals surface area (Å²) >= 11 is 1.74. The van der Waals surface area contributed by atoms with Gasteiger partial charge in [-0.15, -0.1) is 0 Å². The van der Waals surface area contributed by atoms with Crippen LogP contribution in [-0.2, 0) is 6.54 Å². The first kappa shape index (κ1) is 12.6. The van der Waals surface area contributed by atoms with Crippen LogP contribution in [0.2, 0.25) is 0 Å². The number of hydrogen-bond donors (Lipinski definition) is 1. The van der Waals surface area contributed by atoms with E-state index in [1.807, 2.05) is 12.1 Å². The van der Waals surface area contributed by atoms with Gasteiger partial charge in [-0.2, -0.15) is 11.3 Å². The third kappa shape index (κ3) is 2.96. The molecular weight excluding hydrogens is 256 g/mol. The lowest BCUT2D eigenvalue weighted by atomic mass is 10.2. The summed E-state index contributed by atoms with van der Waals surface area (Å²) in [7, 11) is 0. The minimum Gasteiger partial charge on any atom is -0.389 e. The van der Waals surface area contributed by atoms with Crippen LogP contribution in [-0.4, -0.2) is 16.1 Å². The van der Waals surface area contributed by atoms with E-state index in [1.54, 1.807) is 24.5 Å². The van der Waals surface area contributed by atoms with Crippen molar-refractivity contribution in [2.75, 3.05) is 4.90 Å². The smallest absolute Gasteiger partial charge is 0.129 e. The monoisotopic (exact) mass is 274 g/mol. The van der Waals surface area contributed by atoms with E-state index in [4.69, 9.17) is 0 Å². The summed E-state index contributed by atoms with van der Waals surface area (Å²) in [6, 6.07) is 6.79. The van der Waals surface area contributed by atoms with Gasteiger partial charge in [0.1, 0.15) is 5.82 Å². The standard InChI is InChI=1S/C15H18N2OS/c1-11(18)13-2-5-15(16-8-13)17(14-3-4-14)9-12-6-7-19-10-12/h2,5-8,10-11,14,18H,3-4,9H2,1H3. The molecule has 0 spiro atoms. The summed E-state index contributed by atoms with van der Waals surface area (Å²) in [5.74, 6) is 1.01. The van der Waals surface area contributed by atoms with Crippen molar-refractivity contribution in [3.63, 3.8) is 0 Å². The number of pyridine rings is 1. The zero-order valence-corrected chi connectivity index (χ0v) is 11.8. The van der Waals surface area contributed by atoms with E-state index in [-0.39, 0.29) is 0 Å². The van der Waals surface area contributed by atoms with Crippen LogP contribution in [0.15, 0.2) is 35.2 Å². The number of anilines is 1. The maximum atomic E-state index is 9.53. The van der Waals surface area contributed by atoms with Crippen molar-refractivity contribution in [1.29, 1.82) is 0 Å². The summed E-state index contributed by atoms with van der Waals surface area (Å²) in [6.07, 6.45) is 3.84. The highest BCUT2D eigenvalue weighted by Gasteiger charge is 2.30. The Labute approximate surface area is 117 Å². The predicted molar refractivity (Wildman–Crippen MR) is 78.4 cm³/mol. The Hall–Kier alpha value is -1.39. The van der Waals surface area contributed by atoms with Crippen LogP contribution in [0.25, 0.3) is 0 Å². The predicted octanol–water partition coefficient (Wildman–Crippen LogP) is 3.37. The zero-order chi connectivity index (χ0) is 13.2. The Balaban J connectivity index is 1.79. The van der Waals surface area contributed by atoms with E-state index in [2.05, 4.69) is 26.7 Å². The van der Waals surface area contributed by atoms with Gasteiger partial charge in [-0.05, 0) is 53.8 Å². The van der Waals surface area contributed by atoms with Crippen molar-refractivity contribution in [3.05, 3.63) is 46.3 Å². The molecule has 2 aromatic heterocycles. The Kier molecular flexibility index (Phi) is 3.53. The molecule has 3 nitrogen and oxygen atoms in total. The summed E-state index contributed by atoms with van der Waals surface area (Å²) in [4.78, 5) is 6.88. The van der Waals surface area contributed by atoms with E-state index >= 15 is 0 Å². The number of aliphatic hydroxyl groups is 1. The van der Waals surface area contributed by atoms with Crippen LogP contribution in [0.5, 0.6) is 0 Å². The molecule has 3 rings (SSSR count). The van der Waals surface area contributed by atoms with Crippen LogP contribution in [0.1, 0.15) is 37.0 Å². The summed E-state index contributed by atoms with van der Waals surface area (Å²) in [6.45, 7) is 2.69. The van der Waals surface area contributed by atoms with Crippen molar-refractivity contribution < 1.29 is 5.11 Å². The third-order valence-corrected chi connectivity index (χ3v) is 4.20. The number of nitrogens with zero attached hydrogens (tertiary/aromatic N) is 2. The molecule has 1 aliphatic rings. The van der Waals surface area contributed by atoms with Gasteiger partial charge >= 0.3 is 0 Å². The van der Waals surface area contributed by atoms with E-state index < -0.39 is 6.10 Å². The molecule has 19 heavy (non-hydrogen) atoms. The maximum Gasteiger partial charge on any atom is 0.129 e. The van der Waals surface area contributed by atoms with E-state index in [0.717, 1.165) is 17.9 Å². The topological polar surface area (TPSA) is 36.4 Å². The molecule has 1 aliphatic carbocycles. The van der Waals surface area contributed by atoms with Gasteiger partial charge in [0, 0.05) is 18.8 Å². The molecular formula is C15H18N2OS. The van der Waals surface area contributed by atoms with Crippen molar-refractivity contribution in [3.8, 4) is 0 Å². The highest BCUT2D eigenvalue weighted by atomic mass is 32.1. The minimum absolute atomic E-state index is 0.451. The average Bonchev–Trinajstić information content (AvgIpc) is 3.13. The normalized spacial score (nSPS) is 16.3. The molecule has 2 aromatic rings. The Morgan fingerprint density at radius 2 is 2.26 bits per heavy atom. The summed E-state index contributed by atoms with van der Waals surface area (Å²) < 4.78 is 0. The Morgan fingerprint density at radius 3 is 2.79 bits per heavy atom. The fourth-order valence-corrected chi connectivity index (χ4v) is 2.84. The largest absolute Gasteiger partial charge is 0.389 e. The second kappa shape index (κ2) is 5.31. The molecule has 0 aromatic carbocycles. The fourth-order valence-electron chi connectivity index (χ4n) is 2.18. The summed E-state index contributed by atoms with van der Waals surface area (Å²) in [5.41, 5.74) is 2.22. The molecule has 0 bridgehead atoms. The number of thiophene rings is 1. The lowest BCUT2D eigenvalue weighted by molar-refractivity contribution is 0.199. The molecule has 100 valence electrons. The van der Waals surface area contributed by atoms with Gasteiger partial charge in [0.2, 0.25) is 0 Å². The zero-order valence-electron chi connectivity index (χ0n) is 11.0. The Bertz CT molecular complexity index is 518. The third-order valence-electron chi connectivity index (χ3n) is 3.47. The molecule has 0 saturated heterocycles. The molecule has 1 unspecified atom stereocenters. The lowest BCUT2D eigenvalue weighted by Crippen LogP contribution is -2.25. The van der Waals surface area contributed by atoms with Crippen molar-refractivity contribution in [2.45, 2.75) is 38.5 Å². The van der Waals surface area contributed by atoms with E-state index in [0.29, 0.717) is 6.04 Å². The quantitative estimate of drug-likeness (QED) is 0.908. The number of aromatic nitrogens is 1. The average molecular weight is 274 g/mol. The van der Waals surface area contributed by atoms with Crippen LogP contribution >= 0.6 is 11.3 Å². The summed E-state index contributed by atoms with van der Waals surface area (Å²) in [5, 5.41) is 13.8. The molecule has 1 fully saturated rings. The molecule has 1 atom stereocenters. The molecule has 1 saturated carbocycles. The molecule has 4 heteroatoms. The van der Waals surface area contributed by atoms with Crippen molar-refractivity contribution >= 4 is 17.2 Å². The van der Waals surface area contributed by atoms with Gasteiger partial charge in [-0.1, -0.05) is 6.07 Å². The first-order valence-corrected chi connectivity index (χ1v) is 7.60. The van der Waals surface area contributed by atoms with Crippen molar-refractivity contribution in [1.82, 2.24) is 4.98 Å². The molecule has 0 amide bonds. The number of aliphatic hydroxyl groups excluding tert-OH is 1. The first-order valence-electron chi connectivity index (χ1n) is 6.66. The van der Waals surface area contributed by atoms with Crippen LogP contribution in [0.3, 0.4) is 0 Å². The highest BCUT2D eigenvalue weighted by molar-refractivity contribution is 7.07. The second-order valence-electron chi connectivity index (χ2n) is 5.12. The maximum absolute atomic E-state index is 9.53. The molecule has 1 N–H and O–H groups in total. The highest BCUT2D eigenvalue weighted by Crippen LogP contribution is 2.32.